The number of hydrogen-bond acceptors (Lipinski definition) is 1. The van der Waals surface area contributed by atoms with Gasteiger partial charge in [0.25, 0.3) is 14.1 Å². The minimum Gasteiger partial charge on any atom is -0.371 e. The zero-order valence-electron chi connectivity index (χ0n) is 4.77. The molecule has 0 bridgehead atoms. The summed E-state index contributed by atoms with van der Waals surface area (Å²) in [5.41, 5.74) is 4.89. The summed E-state index contributed by atoms with van der Waals surface area (Å²) in [6.45, 7) is 0. The molecule has 40 valence electrons. The summed E-state index contributed by atoms with van der Waals surface area (Å²) in [7, 11) is 0. The van der Waals surface area contributed by atoms with Gasteiger partial charge in [0.05, 0.1) is 0 Å². The maximum atomic E-state index is 10.1. The second-order valence-electron chi connectivity index (χ2n) is 2.06. The summed E-state index contributed by atoms with van der Waals surface area (Å²) in [5.74, 6) is 4.05. The van der Waals surface area contributed by atoms with Crippen LogP contribution in [0.2, 0.25) is 16.9 Å². The number of primary amides is 1. The van der Waals surface area contributed by atoms with Crippen LogP contribution in [0.15, 0.2) is 0 Å². The van der Waals surface area contributed by atoms with E-state index in [1.807, 2.05) is 0 Å². The predicted octanol–water partition coefficient (Wildman–Crippen LogP) is 0.226. The van der Waals surface area contributed by atoms with Crippen molar-refractivity contribution in [2.75, 3.05) is 0 Å². The molecular weight excluding hydrogens is 105 g/mol. The Morgan fingerprint density at radius 3 is 2.14 bits per heavy atom. The lowest BCUT2D eigenvalue weighted by atomic mass is 10.8. The van der Waals surface area contributed by atoms with Gasteiger partial charge in [-0.05, 0) is 5.28 Å². The molecule has 0 aromatic heterocycles. The Labute approximate surface area is 48.1 Å². The van der Waals surface area contributed by atoms with Gasteiger partial charge < -0.3 is 5.73 Å². The summed E-state index contributed by atoms with van der Waals surface area (Å²) in [6, 6.07) is 0. The van der Waals surface area contributed by atoms with Crippen molar-refractivity contribution >= 4 is 20.1 Å². The molecule has 2 nitrogen and oxygen atoms in total. The molecule has 0 radical (unpaired) electrons. The molecule has 0 saturated heterocycles. The maximum absolute atomic E-state index is 10.1. The van der Waals surface area contributed by atoms with Gasteiger partial charge >= 0.3 is 0 Å². The zero-order valence-corrected chi connectivity index (χ0v) is 5.92. The fourth-order valence-corrected chi connectivity index (χ4v) is 1.21. The number of carbonyl (C=O) groups excluding carboxylic acids is 1. The van der Waals surface area contributed by atoms with E-state index in [0.717, 1.165) is 0 Å². The molecule has 1 amide bonds. The van der Waals surface area contributed by atoms with Crippen molar-refractivity contribution in [3.05, 3.63) is 0 Å². The normalized spacial score (nSPS) is 8.29. The number of amides is 1. The number of rotatable bonds is 2. The molecular formula is C4H10AlNO. The van der Waals surface area contributed by atoms with Crippen LogP contribution in [0.1, 0.15) is 0 Å². The molecule has 0 aromatic rings. The minimum absolute atomic E-state index is 0.151. The molecule has 2 N–H and O–H groups in total. The third-order valence-corrected chi connectivity index (χ3v) is 1.83. The van der Waals surface area contributed by atoms with Crippen molar-refractivity contribution in [1.82, 2.24) is 0 Å². The van der Waals surface area contributed by atoms with Crippen LogP contribution in [0.4, 0.5) is 0 Å². The van der Waals surface area contributed by atoms with Crippen LogP contribution in [0.5, 0.6) is 0 Å². The van der Waals surface area contributed by atoms with Crippen LogP contribution in [0.3, 0.4) is 0 Å². The first-order valence-corrected chi connectivity index (χ1v) is 5.54. The van der Waals surface area contributed by atoms with Crippen molar-refractivity contribution in [2.45, 2.75) is 16.9 Å². The van der Waals surface area contributed by atoms with Crippen molar-refractivity contribution in [2.24, 2.45) is 5.73 Å². The van der Waals surface area contributed by atoms with Gasteiger partial charge in [-0.25, -0.2) is 0 Å². The highest BCUT2D eigenvalue weighted by molar-refractivity contribution is 6.59. The molecule has 0 atom stereocenters. The third-order valence-electron chi connectivity index (χ3n) is 0.609. The fourth-order valence-electron chi connectivity index (χ4n) is 0.402. The first-order chi connectivity index (χ1) is 3.13. The van der Waals surface area contributed by atoms with Crippen molar-refractivity contribution in [3.8, 4) is 0 Å². The standard InChI is InChI=1S/C2H4NO.2CH3.Al/c1-2(3)4;;;/h1H2,(H2,3,4);2*1H3;. The van der Waals surface area contributed by atoms with Gasteiger partial charge in [0.2, 0.25) is 5.91 Å². The highest BCUT2D eigenvalue weighted by Crippen LogP contribution is 1.86. The maximum Gasteiger partial charge on any atom is 0.268 e. The summed E-state index contributed by atoms with van der Waals surface area (Å²) in [5, 5.41) is 0.639. The number of carbonyl (C=O) groups is 1. The summed E-state index contributed by atoms with van der Waals surface area (Å²) >= 11 is -0.703. The predicted molar refractivity (Wildman–Crippen MR) is 31.5 cm³/mol. The Morgan fingerprint density at radius 1 is 1.71 bits per heavy atom. The van der Waals surface area contributed by atoms with Crippen LogP contribution in [0, 0.1) is 0 Å². The largest absolute Gasteiger partial charge is 0.371 e. The Kier molecular flexibility index (Phi) is 3.06. The van der Waals surface area contributed by atoms with Crippen molar-refractivity contribution in [1.29, 1.82) is 0 Å². The third kappa shape index (κ3) is 6.00. The van der Waals surface area contributed by atoms with Gasteiger partial charge in [0.15, 0.2) is 0 Å². The van der Waals surface area contributed by atoms with E-state index in [1.54, 1.807) is 0 Å². The molecule has 0 unspecified atom stereocenters. The fraction of sp³-hybridized carbons (Fsp3) is 0.750. The van der Waals surface area contributed by atoms with Gasteiger partial charge in [-0.2, -0.15) is 0 Å². The van der Waals surface area contributed by atoms with Crippen LogP contribution in [-0.4, -0.2) is 20.1 Å². The van der Waals surface area contributed by atoms with Gasteiger partial charge in [-0.15, -0.1) is 11.6 Å². The van der Waals surface area contributed by atoms with Crippen LogP contribution in [0.25, 0.3) is 0 Å². The van der Waals surface area contributed by atoms with Crippen LogP contribution < -0.4 is 5.73 Å². The summed E-state index contributed by atoms with van der Waals surface area (Å²) in [6.07, 6.45) is 0. The van der Waals surface area contributed by atoms with E-state index in [2.05, 4.69) is 11.6 Å². The average Bonchev–Trinajstić information content (AvgIpc) is 1.27. The van der Waals surface area contributed by atoms with Gasteiger partial charge in [0, 0.05) is 0 Å². The molecule has 0 aliphatic heterocycles. The zero-order chi connectivity index (χ0) is 5.86. The molecule has 0 heterocycles. The Hall–Kier alpha value is 0.00247. The Bertz CT molecular complexity index is 72.1. The highest BCUT2D eigenvalue weighted by atomic mass is 27.2. The number of hydrogen-bond donors (Lipinski definition) is 1. The molecule has 0 rings (SSSR count). The molecule has 0 aromatic carbocycles. The lowest BCUT2D eigenvalue weighted by Crippen LogP contribution is -2.16. The molecule has 3 heteroatoms. The molecule has 0 spiro atoms. The van der Waals surface area contributed by atoms with E-state index >= 15 is 0 Å². The topological polar surface area (TPSA) is 43.1 Å². The van der Waals surface area contributed by atoms with E-state index in [4.69, 9.17) is 5.73 Å². The second kappa shape index (κ2) is 3.06. The van der Waals surface area contributed by atoms with Gasteiger partial charge in [0.1, 0.15) is 0 Å². The van der Waals surface area contributed by atoms with E-state index in [0.29, 0.717) is 5.28 Å². The van der Waals surface area contributed by atoms with Crippen LogP contribution >= 0.6 is 0 Å². The van der Waals surface area contributed by atoms with E-state index in [-0.39, 0.29) is 5.91 Å². The molecule has 0 fully saturated rings. The Balaban J connectivity index is 3.13. The lowest BCUT2D eigenvalue weighted by Gasteiger charge is -1.88. The SMILES string of the molecule is [CH3][Al]([CH3])[CH2]C(N)=O. The smallest absolute Gasteiger partial charge is 0.268 e. The second-order valence-corrected chi connectivity index (χ2v) is 5.26. The Morgan fingerprint density at radius 2 is 2.14 bits per heavy atom. The summed E-state index contributed by atoms with van der Waals surface area (Å²) in [4.78, 5) is 10.1. The van der Waals surface area contributed by atoms with E-state index in [9.17, 15) is 4.79 Å². The van der Waals surface area contributed by atoms with Gasteiger partial charge in [-0.1, -0.05) is 0 Å². The first kappa shape index (κ1) is 7.00. The van der Waals surface area contributed by atoms with E-state index < -0.39 is 14.1 Å². The lowest BCUT2D eigenvalue weighted by molar-refractivity contribution is -0.115. The number of nitrogens with two attached hydrogens (primary N) is 1. The quantitative estimate of drug-likeness (QED) is 0.514. The van der Waals surface area contributed by atoms with Crippen molar-refractivity contribution < 1.29 is 4.79 Å². The average molecular weight is 115 g/mol. The first-order valence-electron chi connectivity index (χ1n) is 2.41. The molecule has 7 heavy (non-hydrogen) atoms. The van der Waals surface area contributed by atoms with Crippen molar-refractivity contribution in [3.63, 3.8) is 0 Å². The monoisotopic (exact) mass is 115 g/mol. The molecule has 0 saturated carbocycles. The van der Waals surface area contributed by atoms with Crippen LogP contribution in [-0.2, 0) is 4.79 Å². The summed E-state index contributed by atoms with van der Waals surface area (Å²) < 4.78 is 0. The highest BCUT2D eigenvalue weighted by Gasteiger charge is 2.03. The molecule has 0 aliphatic rings. The van der Waals surface area contributed by atoms with E-state index in [1.165, 1.54) is 0 Å². The molecule has 0 aliphatic carbocycles. The van der Waals surface area contributed by atoms with Gasteiger partial charge in [-0.3, -0.25) is 4.79 Å². The minimum atomic E-state index is -0.703.